The number of aliphatic hydroxyl groups is 2. The van der Waals surface area contributed by atoms with Gasteiger partial charge in [0.15, 0.2) is 0 Å². The van der Waals surface area contributed by atoms with Crippen LogP contribution in [0.3, 0.4) is 0 Å². The smallest absolute Gasteiger partial charge is 0.0932 e. The van der Waals surface area contributed by atoms with Crippen molar-refractivity contribution in [3.8, 4) is 0 Å². The first kappa shape index (κ1) is 12.1. The molecule has 1 heterocycles. The Morgan fingerprint density at radius 2 is 1.94 bits per heavy atom. The zero-order valence-electron chi connectivity index (χ0n) is 10.4. The van der Waals surface area contributed by atoms with Crippen LogP contribution in [0.4, 0.5) is 0 Å². The molecule has 2 fully saturated rings. The summed E-state index contributed by atoms with van der Waals surface area (Å²) in [6.45, 7) is 0. The summed E-state index contributed by atoms with van der Waals surface area (Å²) in [6, 6.07) is 2.73. The number of nitrogens with zero attached hydrogens (tertiary/aromatic N) is 2. The summed E-state index contributed by atoms with van der Waals surface area (Å²) in [5.41, 5.74) is 0. The van der Waals surface area contributed by atoms with Crippen LogP contribution in [0.5, 0.6) is 0 Å². The van der Waals surface area contributed by atoms with E-state index in [1.165, 1.54) is 0 Å². The standard InChI is InChI=1S/C13H21N3O2/c17-10-4-2-9(3-5-10)15-11-8-12(18)13(11)16-7-1-6-14-16/h1,6-7,9-13,15,17-18H,2-5,8H2/t9?,10?,11-,12+,13+/m0/s1. The highest BCUT2D eigenvalue weighted by Gasteiger charge is 2.42. The quantitative estimate of drug-likeness (QED) is 0.729. The predicted octanol–water partition coefficient (Wildman–Crippen LogP) is 0.450. The van der Waals surface area contributed by atoms with Crippen molar-refractivity contribution in [3.05, 3.63) is 18.5 Å². The topological polar surface area (TPSA) is 70.3 Å². The number of hydrogen-bond acceptors (Lipinski definition) is 4. The van der Waals surface area contributed by atoms with E-state index in [-0.39, 0.29) is 18.2 Å². The Morgan fingerprint density at radius 1 is 1.17 bits per heavy atom. The Bertz CT molecular complexity index is 374. The second kappa shape index (κ2) is 4.99. The van der Waals surface area contributed by atoms with E-state index in [0.29, 0.717) is 12.1 Å². The number of aromatic nitrogens is 2. The third kappa shape index (κ3) is 2.30. The van der Waals surface area contributed by atoms with Crippen molar-refractivity contribution >= 4 is 0 Å². The zero-order valence-corrected chi connectivity index (χ0v) is 10.4. The molecule has 5 nitrogen and oxygen atoms in total. The minimum atomic E-state index is -0.295. The van der Waals surface area contributed by atoms with Gasteiger partial charge in [-0.1, -0.05) is 0 Å². The van der Waals surface area contributed by atoms with Crippen molar-refractivity contribution in [3.63, 3.8) is 0 Å². The normalized spacial score (nSPS) is 40.4. The summed E-state index contributed by atoms with van der Waals surface area (Å²) in [5, 5.41) is 27.2. The van der Waals surface area contributed by atoms with Crippen molar-refractivity contribution < 1.29 is 10.2 Å². The van der Waals surface area contributed by atoms with E-state index in [1.54, 1.807) is 6.20 Å². The van der Waals surface area contributed by atoms with E-state index >= 15 is 0 Å². The second-order valence-electron chi connectivity index (χ2n) is 5.56. The first-order valence-corrected chi connectivity index (χ1v) is 6.85. The van der Waals surface area contributed by atoms with Crippen LogP contribution in [0, 0.1) is 0 Å². The summed E-state index contributed by atoms with van der Waals surface area (Å²) in [7, 11) is 0. The van der Waals surface area contributed by atoms with E-state index in [2.05, 4.69) is 10.4 Å². The molecule has 100 valence electrons. The van der Waals surface area contributed by atoms with E-state index in [4.69, 9.17) is 0 Å². The average molecular weight is 251 g/mol. The second-order valence-corrected chi connectivity index (χ2v) is 5.56. The fourth-order valence-corrected chi connectivity index (χ4v) is 3.14. The molecule has 3 atom stereocenters. The summed E-state index contributed by atoms with van der Waals surface area (Å²) in [5.74, 6) is 0. The number of rotatable bonds is 3. The van der Waals surface area contributed by atoms with Crippen LogP contribution in [0.25, 0.3) is 0 Å². The molecule has 0 aliphatic heterocycles. The van der Waals surface area contributed by atoms with Crippen LogP contribution in [-0.4, -0.2) is 44.3 Å². The SMILES string of the molecule is OC1CCC(N[C@H]2C[C@@H](O)[C@@H]2n2cccn2)CC1. The number of aliphatic hydroxyl groups excluding tert-OH is 2. The average Bonchev–Trinajstić information content (AvgIpc) is 2.84. The molecular formula is C13H21N3O2. The Hall–Kier alpha value is -0.910. The minimum Gasteiger partial charge on any atom is -0.393 e. The molecule has 0 spiro atoms. The Labute approximate surface area is 107 Å². The lowest BCUT2D eigenvalue weighted by Crippen LogP contribution is -2.57. The molecular weight excluding hydrogens is 230 g/mol. The molecule has 0 aromatic carbocycles. The van der Waals surface area contributed by atoms with Crippen molar-refractivity contribution in [2.45, 2.75) is 62.4 Å². The monoisotopic (exact) mass is 251 g/mol. The lowest BCUT2D eigenvalue weighted by atomic mass is 9.81. The molecule has 2 aliphatic carbocycles. The van der Waals surface area contributed by atoms with E-state index in [9.17, 15) is 10.2 Å². The molecule has 0 radical (unpaired) electrons. The van der Waals surface area contributed by atoms with Crippen LogP contribution < -0.4 is 5.32 Å². The summed E-state index contributed by atoms with van der Waals surface area (Å²) < 4.78 is 1.85. The molecule has 0 bridgehead atoms. The Morgan fingerprint density at radius 3 is 2.56 bits per heavy atom. The van der Waals surface area contributed by atoms with Gasteiger partial charge in [0.1, 0.15) is 0 Å². The Kier molecular flexibility index (Phi) is 3.37. The van der Waals surface area contributed by atoms with Gasteiger partial charge in [-0.2, -0.15) is 5.10 Å². The van der Waals surface area contributed by atoms with Crippen LogP contribution >= 0.6 is 0 Å². The molecule has 18 heavy (non-hydrogen) atoms. The van der Waals surface area contributed by atoms with E-state index in [0.717, 1.165) is 32.1 Å². The van der Waals surface area contributed by atoms with Crippen LogP contribution in [0.2, 0.25) is 0 Å². The summed E-state index contributed by atoms with van der Waals surface area (Å²) in [6.07, 6.45) is 7.88. The summed E-state index contributed by atoms with van der Waals surface area (Å²) >= 11 is 0. The minimum absolute atomic E-state index is 0.0619. The van der Waals surface area contributed by atoms with Gasteiger partial charge < -0.3 is 15.5 Å². The van der Waals surface area contributed by atoms with Crippen LogP contribution in [0.15, 0.2) is 18.5 Å². The van der Waals surface area contributed by atoms with Gasteiger partial charge in [0.25, 0.3) is 0 Å². The highest BCUT2D eigenvalue weighted by Crippen LogP contribution is 2.33. The van der Waals surface area contributed by atoms with Crippen molar-refractivity contribution in [2.75, 3.05) is 0 Å². The van der Waals surface area contributed by atoms with Gasteiger partial charge in [-0.25, -0.2) is 0 Å². The lowest BCUT2D eigenvalue weighted by Gasteiger charge is -2.44. The zero-order chi connectivity index (χ0) is 12.5. The molecule has 2 aliphatic rings. The van der Waals surface area contributed by atoms with Crippen LogP contribution in [-0.2, 0) is 0 Å². The maximum Gasteiger partial charge on any atom is 0.0932 e. The molecule has 1 aromatic rings. The Balaban J connectivity index is 1.57. The van der Waals surface area contributed by atoms with Gasteiger partial charge in [-0.05, 0) is 38.2 Å². The van der Waals surface area contributed by atoms with Gasteiger partial charge >= 0.3 is 0 Å². The third-order valence-electron chi connectivity index (χ3n) is 4.28. The van der Waals surface area contributed by atoms with E-state index in [1.807, 2.05) is 16.9 Å². The maximum atomic E-state index is 9.88. The highest BCUT2D eigenvalue weighted by atomic mass is 16.3. The molecule has 5 heteroatoms. The molecule has 3 rings (SSSR count). The molecule has 0 saturated heterocycles. The number of hydrogen-bond donors (Lipinski definition) is 3. The largest absolute Gasteiger partial charge is 0.393 e. The number of nitrogens with one attached hydrogen (secondary N) is 1. The lowest BCUT2D eigenvalue weighted by molar-refractivity contribution is -0.0155. The van der Waals surface area contributed by atoms with Gasteiger partial charge in [0.05, 0.1) is 18.2 Å². The molecule has 0 unspecified atom stereocenters. The van der Waals surface area contributed by atoms with Gasteiger partial charge in [-0.3, -0.25) is 4.68 Å². The third-order valence-corrected chi connectivity index (χ3v) is 4.28. The predicted molar refractivity (Wildman–Crippen MR) is 67.1 cm³/mol. The van der Waals surface area contributed by atoms with Gasteiger partial charge in [0.2, 0.25) is 0 Å². The van der Waals surface area contributed by atoms with Gasteiger partial charge in [0, 0.05) is 24.5 Å². The molecule has 0 amide bonds. The van der Waals surface area contributed by atoms with Gasteiger partial charge in [-0.15, -0.1) is 0 Å². The fraction of sp³-hybridized carbons (Fsp3) is 0.769. The van der Waals surface area contributed by atoms with Crippen molar-refractivity contribution in [2.24, 2.45) is 0 Å². The fourth-order valence-electron chi connectivity index (χ4n) is 3.14. The summed E-state index contributed by atoms with van der Waals surface area (Å²) in [4.78, 5) is 0. The van der Waals surface area contributed by atoms with Crippen molar-refractivity contribution in [1.82, 2.24) is 15.1 Å². The van der Waals surface area contributed by atoms with E-state index < -0.39 is 0 Å². The molecule has 1 aromatic heterocycles. The van der Waals surface area contributed by atoms with Crippen LogP contribution in [0.1, 0.15) is 38.1 Å². The van der Waals surface area contributed by atoms with Crippen molar-refractivity contribution in [1.29, 1.82) is 0 Å². The molecule has 3 N–H and O–H groups in total. The molecule has 2 saturated carbocycles. The first-order chi connectivity index (χ1) is 8.74. The maximum absolute atomic E-state index is 9.88. The highest BCUT2D eigenvalue weighted by molar-refractivity contribution is 5.01. The first-order valence-electron chi connectivity index (χ1n) is 6.85.